The maximum absolute atomic E-state index is 15.0. The van der Waals surface area contributed by atoms with Gasteiger partial charge in [-0.15, -0.1) is 0 Å². The average Bonchev–Trinajstić information content (AvgIpc) is 3.59. The molecule has 1 N–H and O–H groups in total. The lowest BCUT2D eigenvalue weighted by Crippen LogP contribution is -2.49. The summed E-state index contributed by atoms with van der Waals surface area (Å²) in [6.07, 6.45) is 2.55. The summed E-state index contributed by atoms with van der Waals surface area (Å²) in [5, 5.41) is 0. The Labute approximate surface area is 208 Å². The zero-order chi connectivity index (χ0) is 25.4. The van der Waals surface area contributed by atoms with Gasteiger partial charge in [0.2, 0.25) is 0 Å². The maximum Gasteiger partial charge on any atom is 0.304 e. The van der Waals surface area contributed by atoms with E-state index in [4.69, 9.17) is 4.74 Å². The van der Waals surface area contributed by atoms with Crippen molar-refractivity contribution in [3.8, 4) is 0 Å². The molecule has 2 aromatic carbocycles. The van der Waals surface area contributed by atoms with Gasteiger partial charge >= 0.3 is 10.2 Å². The zero-order valence-electron chi connectivity index (χ0n) is 19.7. The van der Waals surface area contributed by atoms with E-state index in [0.717, 1.165) is 40.8 Å². The third kappa shape index (κ3) is 5.59. The van der Waals surface area contributed by atoms with E-state index in [1.165, 1.54) is 24.3 Å². The minimum atomic E-state index is -3.98. The molecule has 1 amide bonds. The van der Waals surface area contributed by atoms with E-state index in [9.17, 15) is 22.0 Å². The van der Waals surface area contributed by atoms with Crippen LogP contribution in [0.4, 0.5) is 13.2 Å². The lowest BCUT2D eigenvalue weighted by molar-refractivity contribution is -0.0309. The van der Waals surface area contributed by atoms with Crippen molar-refractivity contribution in [3.05, 3.63) is 70.0 Å². The van der Waals surface area contributed by atoms with Crippen LogP contribution in [0.15, 0.2) is 30.3 Å². The smallest absolute Gasteiger partial charge is 0.304 e. The lowest BCUT2D eigenvalue weighted by Gasteiger charge is -2.33. The molecule has 11 heteroatoms. The summed E-state index contributed by atoms with van der Waals surface area (Å²) in [6.45, 7) is 2.60. The molecule has 7 nitrogen and oxygen atoms in total. The van der Waals surface area contributed by atoms with Crippen LogP contribution in [0.5, 0.6) is 0 Å². The van der Waals surface area contributed by atoms with Gasteiger partial charge in [0.05, 0.1) is 18.3 Å². The van der Waals surface area contributed by atoms with Crippen molar-refractivity contribution in [1.29, 1.82) is 0 Å². The first kappa shape index (κ1) is 25.2. The van der Waals surface area contributed by atoms with Crippen molar-refractivity contribution in [1.82, 2.24) is 13.9 Å². The fraction of sp³-hybridized carbons (Fsp3) is 0.480. The van der Waals surface area contributed by atoms with Crippen molar-refractivity contribution < 1.29 is 31.1 Å². The molecular weight excluding hydrogens is 495 g/mol. The Kier molecular flexibility index (Phi) is 7.08. The molecule has 0 radical (unpaired) electrons. The molecule has 0 unspecified atom stereocenters. The summed E-state index contributed by atoms with van der Waals surface area (Å²) in [7, 11) is -3.98. The topological polar surface area (TPSA) is 79.0 Å². The van der Waals surface area contributed by atoms with Crippen molar-refractivity contribution >= 4 is 16.1 Å². The summed E-state index contributed by atoms with van der Waals surface area (Å²) in [6, 6.07) is 6.29. The molecule has 2 heterocycles. The van der Waals surface area contributed by atoms with Gasteiger partial charge < -0.3 is 4.74 Å². The monoisotopic (exact) mass is 523 g/mol. The van der Waals surface area contributed by atoms with Crippen LogP contribution in [0, 0.1) is 17.5 Å². The van der Waals surface area contributed by atoms with Crippen LogP contribution in [0.3, 0.4) is 0 Å². The second kappa shape index (κ2) is 10.1. The number of rotatable bonds is 8. The van der Waals surface area contributed by atoms with Crippen molar-refractivity contribution in [2.75, 3.05) is 32.8 Å². The molecular formula is C25H28F3N3O4S. The van der Waals surface area contributed by atoms with Gasteiger partial charge in [-0.05, 0) is 60.1 Å². The van der Waals surface area contributed by atoms with E-state index in [1.54, 1.807) is 0 Å². The Balaban J connectivity index is 1.30. The molecule has 1 atom stereocenters. The molecule has 36 heavy (non-hydrogen) atoms. The molecule has 0 bridgehead atoms. The van der Waals surface area contributed by atoms with Crippen LogP contribution in [0.2, 0.25) is 0 Å². The molecule has 3 fully saturated rings. The molecule has 5 rings (SSSR count). The normalized spacial score (nSPS) is 21.2. The number of morpholine rings is 1. The number of benzene rings is 2. The third-order valence-corrected chi connectivity index (χ3v) is 8.44. The molecule has 3 aliphatic rings. The first-order chi connectivity index (χ1) is 17.2. The minimum absolute atomic E-state index is 0.198. The highest BCUT2D eigenvalue weighted by molar-refractivity contribution is 7.87. The molecule has 2 aromatic rings. The Hall–Kier alpha value is -2.47. The highest BCUT2D eigenvalue weighted by atomic mass is 32.2. The second-order valence-corrected chi connectivity index (χ2v) is 11.3. The number of hydrogen-bond donors (Lipinski definition) is 1. The third-order valence-electron chi connectivity index (χ3n) is 6.95. The molecule has 1 saturated carbocycles. The molecule has 0 aromatic heterocycles. The zero-order valence-corrected chi connectivity index (χ0v) is 20.5. The first-order valence-electron chi connectivity index (χ1n) is 12.1. The summed E-state index contributed by atoms with van der Waals surface area (Å²) in [5.41, 5.74) is 1.68. The highest BCUT2D eigenvalue weighted by Crippen LogP contribution is 2.43. The first-order valence-corrected chi connectivity index (χ1v) is 13.6. The summed E-state index contributed by atoms with van der Waals surface area (Å²) in [5.74, 6) is -2.79. The molecule has 2 saturated heterocycles. The van der Waals surface area contributed by atoms with Gasteiger partial charge in [0, 0.05) is 45.2 Å². The van der Waals surface area contributed by atoms with Crippen LogP contribution in [-0.2, 0) is 27.9 Å². The van der Waals surface area contributed by atoms with Gasteiger partial charge in [-0.25, -0.2) is 17.9 Å². The van der Waals surface area contributed by atoms with Gasteiger partial charge in [0.25, 0.3) is 5.91 Å². The predicted molar refractivity (Wildman–Crippen MR) is 126 cm³/mol. The number of nitrogens with zero attached hydrogens (tertiary/aromatic N) is 2. The molecule has 0 spiro atoms. The maximum atomic E-state index is 15.0. The fourth-order valence-electron chi connectivity index (χ4n) is 4.70. The number of nitrogens with one attached hydrogen (secondary N) is 1. The average molecular weight is 524 g/mol. The lowest BCUT2D eigenvalue weighted by atomic mass is 9.98. The van der Waals surface area contributed by atoms with Crippen molar-refractivity contribution in [2.24, 2.45) is 0 Å². The number of ether oxygens (including phenoxy) is 1. The molecule has 1 aliphatic carbocycles. The van der Waals surface area contributed by atoms with Gasteiger partial charge in [0.15, 0.2) is 0 Å². The van der Waals surface area contributed by atoms with E-state index in [-0.39, 0.29) is 24.0 Å². The Bertz CT molecular complexity index is 1270. The largest absolute Gasteiger partial charge is 0.375 e. The van der Waals surface area contributed by atoms with Crippen LogP contribution in [0.1, 0.15) is 52.2 Å². The van der Waals surface area contributed by atoms with E-state index >= 15 is 4.39 Å². The van der Waals surface area contributed by atoms with Gasteiger partial charge in [-0.2, -0.15) is 12.7 Å². The Morgan fingerprint density at radius 1 is 1.03 bits per heavy atom. The highest BCUT2D eigenvalue weighted by Gasteiger charge is 2.33. The summed E-state index contributed by atoms with van der Waals surface area (Å²) in [4.78, 5) is 14.7. The Morgan fingerprint density at radius 2 is 1.81 bits per heavy atom. The minimum Gasteiger partial charge on any atom is -0.375 e. The van der Waals surface area contributed by atoms with Crippen LogP contribution in [0.25, 0.3) is 0 Å². The van der Waals surface area contributed by atoms with Gasteiger partial charge in [-0.1, -0.05) is 6.07 Å². The molecule has 2 aliphatic heterocycles. The van der Waals surface area contributed by atoms with Crippen molar-refractivity contribution in [3.63, 3.8) is 0 Å². The van der Waals surface area contributed by atoms with Gasteiger partial charge in [0.1, 0.15) is 17.5 Å². The number of carbonyl (C=O) groups is 1. The van der Waals surface area contributed by atoms with Crippen LogP contribution < -0.4 is 4.72 Å². The van der Waals surface area contributed by atoms with E-state index in [0.29, 0.717) is 44.9 Å². The number of amides is 1. The van der Waals surface area contributed by atoms with Crippen LogP contribution >= 0.6 is 0 Å². The van der Waals surface area contributed by atoms with Gasteiger partial charge in [-0.3, -0.25) is 9.69 Å². The summed E-state index contributed by atoms with van der Waals surface area (Å²) >= 11 is 0. The van der Waals surface area contributed by atoms with E-state index in [2.05, 4.69) is 4.90 Å². The predicted octanol–water partition coefficient (Wildman–Crippen LogP) is 3.11. The van der Waals surface area contributed by atoms with E-state index < -0.39 is 33.6 Å². The fourth-order valence-corrected chi connectivity index (χ4v) is 5.91. The number of hydrogen-bond acceptors (Lipinski definition) is 5. The standard InChI is InChI=1S/C25H28F3N3O4S/c26-19-5-4-17(23(27)12-19)10-20-15-30(8-9-35-20)14-18-11-24(28)22(13-21(18)16-2-3-16)25(32)29-36(33,34)31-6-1-7-31/h4-5,11-13,16,20H,1-3,6-10,14-15H2,(H,29,32)/t20-/m1/s1. The number of carbonyl (C=O) groups excluding carboxylic acids is 1. The van der Waals surface area contributed by atoms with Crippen LogP contribution in [-0.4, -0.2) is 62.4 Å². The Morgan fingerprint density at radius 3 is 2.47 bits per heavy atom. The SMILES string of the molecule is O=C(NS(=O)(=O)N1CCC1)c1cc(C2CC2)c(CN2CCO[C@H](Cc3ccc(F)cc3F)C2)cc1F. The summed E-state index contributed by atoms with van der Waals surface area (Å²) < 4.78 is 75.8. The number of halogens is 3. The quantitative estimate of drug-likeness (QED) is 0.576. The van der Waals surface area contributed by atoms with Crippen molar-refractivity contribution in [2.45, 2.75) is 44.2 Å². The second-order valence-electron chi connectivity index (χ2n) is 9.66. The van der Waals surface area contributed by atoms with E-state index in [1.807, 2.05) is 4.72 Å². The molecule has 194 valence electrons.